The lowest BCUT2D eigenvalue weighted by atomic mass is 9.79. The standard InChI is InChI=1S/C22H35N3O3/c1-17(15-22(2,3)18-9-6-5-7-10-18)23-21(28)25-13-8-11-19(12-14-25)24(4)16-20(26)27/h5-7,9-10,17,19H,8,11-16H2,1-4H3,(H,23,28)(H,26,27). The lowest BCUT2D eigenvalue weighted by Gasteiger charge is -2.31. The molecule has 1 aromatic carbocycles. The van der Waals surface area contributed by atoms with Crippen molar-refractivity contribution in [1.29, 1.82) is 0 Å². The summed E-state index contributed by atoms with van der Waals surface area (Å²) in [5, 5.41) is 12.1. The van der Waals surface area contributed by atoms with Crippen LogP contribution in [0.5, 0.6) is 0 Å². The van der Waals surface area contributed by atoms with E-state index in [4.69, 9.17) is 5.11 Å². The molecule has 2 N–H and O–H groups in total. The van der Waals surface area contributed by atoms with E-state index in [-0.39, 0.29) is 30.1 Å². The summed E-state index contributed by atoms with van der Waals surface area (Å²) >= 11 is 0. The quantitative estimate of drug-likeness (QED) is 0.750. The number of benzene rings is 1. The maximum atomic E-state index is 12.7. The minimum Gasteiger partial charge on any atom is -0.480 e. The number of carbonyl (C=O) groups excluding carboxylic acids is 1. The Labute approximate surface area is 168 Å². The predicted octanol–water partition coefficient (Wildman–Crippen LogP) is 3.32. The number of hydrogen-bond acceptors (Lipinski definition) is 3. The zero-order chi connectivity index (χ0) is 20.7. The van der Waals surface area contributed by atoms with E-state index in [0.29, 0.717) is 6.54 Å². The second-order valence-corrected chi connectivity index (χ2v) is 8.69. The first-order valence-electron chi connectivity index (χ1n) is 10.2. The first-order chi connectivity index (χ1) is 13.2. The zero-order valence-electron chi connectivity index (χ0n) is 17.6. The number of carbonyl (C=O) groups is 2. The Balaban J connectivity index is 1.86. The van der Waals surface area contributed by atoms with Gasteiger partial charge < -0.3 is 15.3 Å². The van der Waals surface area contributed by atoms with E-state index >= 15 is 0 Å². The molecule has 6 heteroatoms. The van der Waals surface area contributed by atoms with Gasteiger partial charge in [0.25, 0.3) is 0 Å². The number of likely N-dealkylation sites (N-methyl/N-ethyl adjacent to an activating group) is 1. The molecule has 0 spiro atoms. The highest BCUT2D eigenvalue weighted by Crippen LogP contribution is 2.28. The molecule has 2 atom stereocenters. The van der Waals surface area contributed by atoms with E-state index in [1.165, 1.54) is 5.56 Å². The van der Waals surface area contributed by atoms with Gasteiger partial charge in [-0.2, -0.15) is 0 Å². The summed E-state index contributed by atoms with van der Waals surface area (Å²) in [6.45, 7) is 7.90. The molecule has 1 aromatic rings. The molecule has 6 nitrogen and oxygen atoms in total. The molecule has 1 saturated heterocycles. The van der Waals surface area contributed by atoms with E-state index in [1.54, 1.807) is 0 Å². The smallest absolute Gasteiger partial charge is 0.317 e. The first kappa shape index (κ1) is 22.2. The number of aliphatic carboxylic acids is 1. The van der Waals surface area contributed by atoms with Crippen LogP contribution in [0.1, 0.15) is 52.0 Å². The van der Waals surface area contributed by atoms with E-state index < -0.39 is 5.97 Å². The number of nitrogens with one attached hydrogen (secondary N) is 1. The Morgan fingerprint density at radius 3 is 2.57 bits per heavy atom. The van der Waals surface area contributed by atoms with Crippen LogP contribution in [0.2, 0.25) is 0 Å². The Hall–Kier alpha value is -2.08. The van der Waals surface area contributed by atoms with Crippen LogP contribution in [0.3, 0.4) is 0 Å². The molecule has 0 radical (unpaired) electrons. The van der Waals surface area contributed by atoms with Crippen molar-refractivity contribution in [3.63, 3.8) is 0 Å². The van der Waals surface area contributed by atoms with Crippen molar-refractivity contribution in [2.45, 2.75) is 64.0 Å². The van der Waals surface area contributed by atoms with Crippen molar-refractivity contribution in [2.24, 2.45) is 0 Å². The highest BCUT2D eigenvalue weighted by Gasteiger charge is 2.27. The van der Waals surface area contributed by atoms with Gasteiger partial charge in [0.15, 0.2) is 0 Å². The molecule has 2 unspecified atom stereocenters. The van der Waals surface area contributed by atoms with E-state index in [2.05, 4.69) is 50.4 Å². The van der Waals surface area contributed by atoms with Crippen LogP contribution in [-0.2, 0) is 10.2 Å². The lowest BCUT2D eigenvalue weighted by Crippen LogP contribution is -2.46. The third-order valence-corrected chi connectivity index (χ3v) is 5.73. The van der Waals surface area contributed by atoms with Gasteiger partial charge in [0.1, 0.15) is 0 Å². The van der Waals surface area contributed by atoms with Crippen molar-refractivity contribution in [3.05, 3.63) is 35.9 Å². The van der Waals surface area contributed by atoms with Crippen molar-refractivity contribution in [3.8, 4) is 0 Å². The van der Waals surface area contributed by atoms with Crippen molar-refractivity contribution >= 4 is 12.0 Å². The molecule has 0 aromatic heterocycles. The van der Waals surface area contributed by atoms with E-state index in [1.807, 2.05) is 22.9 Å². The molecule has 2 rings (SSSR count). The molecular weight excluding hydrogens is 354 g/mol. The number of likely N-dealkylation sites (tertiary alicyclic amines) is 1. The van der Waals surface area contributed by atoms with Crippen molar-refractivity contribution in [2.75, 3.05) is 26.7 Å². The van der Waals surface area contributed by atoms with Crippen molar-refractivity contribution < 1.29 is 14.7 Å². The van der Waals surface area contributed by atoms with Gasteiger partial charge >= 0.3 is 12.0 Å². The van der Waals surface area contributed by atoms with Crippen LogP contribution < -0.4 is 5.32 Å². The zero-order valence-corrected chi connectivity index (χ0v) is 17.6. The summed E-state index contributed by atoms with van der Waals surface area (Å²) in [6.07, 6.45) is 3.48. The molecule has 2 amide bonds. The third kappa shape index (κ3) is 6.51. The van der Waals surface area contributed by atoms with Crippen LogP contribution in [0.4, 0.5) is 4.79 Å². The van der Waals surface area contributed by atoms with Gasteiger partial charge in [0.05, 0.1) is 6.54 Å². The number of urea groups is 1. The van der Waals surface area contributed by atoms with Crippen molar-refractivity contribution in [1.82, 2.24) is 15.1 Å². The summed E-state index contributed by atoms with van der Waals surface area (Å²) in [6, 6.07) is 10.7. The fourth-order valence-electron chi connectivity index (χ4n) is 4.19. The van der Waals surface area contributed by atoms with Crippen LogP contribution in [0, 0.1) is 0 Å². The summed E-state index contributed by atoms with van der Waals surface area (Å²) in [5.41, 5.74) is 1.26. The largest absolute Gasteiger partial charge is 0.480 e. The molecular formula is C22H35N3O3. The van der Waals surface area contributed by atoms with Gasteiger partial charge in [-0.25, -0.2) is 4.79 Å². The number of carboxylic acids is 1. The average Bonchev–Trinajstić information content (AvgIpc) is 2.87. The topological polar surface area (TPSA) is 72.9 Å². The molecule has 1 aliphatic heterocycles. The second kappa shape index (κ2) is 9.92. The Kier molecular flexibility index (Phi) is 7.87. The number of amides is 2. The van der Waals surface area contributed by atoms with Gasteiger partial charge in [0.2, 0.25) is 0 Å². The highest BCUT2D eigenvalue weighted by atomic mass is 16.4. The van der Waals surface area contributed by atoms with Gasteiger partial charge in [-0.15, -0.1) is 0 Å². The maximum absolute atomic E-state index is 12.7. The van der Waals surface area contributed by atoms with Crippen LogP contribution in [-0.4, -0.2) is 65.7 Å². The fourth-order valence-corrected chi connectivity index (χ4v) is 4.19. The van der Waals surface area contributed by atoms with Gasteiger partial charge in [-0.3, -0.25) is 9.69 Å². The highest BCUT2D eigenvalue weighted by molar-refractivity contribution is 5.74. The monoisotopic (exact) mass is 389 g/mol. The minimum absolute atomic E-state index is 0.0158. The molecule has 1 fully saturated rings. The molecule has 28 heavy (non-hydrogen) atoms. The van der Waals surface area contributed by atoms with E-state index in [9.17, 15) is 9.59 Å². The molecule has 0 bridgehead atoms. The number of hydrogen-bond donors (Lipinski definition) is 2. The van der Waals surface area contributed by atoms with E-state index in [0.717, 1.165) is 32.2 Å². The molecule has 156 valence electrons. The molecule has 0 saturated carbocycles. The molecule has 0 aliphatic carbocycles. The Bertz CT molecular complexity index is 648. The average molecular weight is 390 g/mol. The van der Waals surface area contributed by atoms with Crippen LogP contribution in [0.25, 0.3) is 0 Å². The van der Waals surface area contributed by atoms with Gasteiger partial charge in [-0.1, -0.05) is 44.2 Å². The third-order valence-electron chi connectivity index (χ3n) is 5.73. The maximum Gasteiger partial charge on any atom is 0.317 e. The summed E-state index contributed by atoms with van der Waals surface area (Å²) in [4.78, 5) is 27.4. The summed E-state index contributed by atoms with van der Waals surface area (Å²) < 4.78 is 0. The Morgan fingerprint density at radius 2 is 1.93 bits per heavy atom. The number of carboxylic acid groups (broad SMARTS) is 1. The number of rotatable bonds is 7. The normalized spacial score (nSPS) is 19.2. The first-order valence-corrected chi connectivity index (χ1v) is 10.2. The molecule has 1 heterocycles. The van der Waals surface area contributed by atoms with Crippen LogP contribution >= 0.6 is 0 Å². The number of nitrogens with zero attached hydrogens (tertiary/aromatic N) is 2. The lowest BCUT2D eigenvalue weighted by molar-refractivity contribution is -0.138. The Morgan fingerprint density at radius 1 is 1.25 bits per heavy atom. The SMILES string of the molecule is CC(CC(C)(C)c1ccccc1)NC(=O)N1CCCC(N(C)CC(=O)O)CC1. The minimum atomic E-state index is -0.809. The van der Waals surface area contributed by atoms with Gasteiger partial charge in [-0.05, 0) is 50.6 Å². The fraction of sp³-hybridized carbons (Fsp3) is 0.636. The molecule has 1 aliphatic rings. The predicted molar refractivity (Wildman–Crippen MR) is 112 cm³/mol. The summed E-state index contributed by atoms with van der Waals surface area (Å²) in [7, 11) is 1.85. The van der Waals surface area contributed by atoms with Crippen LogP contribution in [0.15, 0.2) is 30.3 Å². The summed E-state index contributed by atoms with van der Waals surface area (Å²) in [5.74, 6) is -0.809. The van der Waals surface area contributed by atoms with Gasteiger partial charge in [0, 0.05) is 25.2 Å². The second-order valence-electron chi connectivity index (χ2n) is 8.69.